The lowest BCUT2D eigenvalue weighted by molar-refractivity contribution is -0.142. The monoisotopic (exact) mass is 298 g/mol. The van der Waals surface area contributed by atoms with Crippen molar-refractivity contribution in [3.05, 3.63) is 18.3 Å². The van der Waals surface area contributed by atoms with E-state index >= 15 is 0 Å². The van der Waals surface area contributed by atoms with E-state index in [1.807, 2.05) is 0 Å². The smallest absolute Gasteiger partial charge is 0.306 e. The van der Waals surface area contributed by atoms with Crippen molar-refractivity contribution < 1.29 is 18.3 Å². The lowest BCUT2D eigenvalue weighted by Gasteiger charge is -2.27. The molecule has 1 saturated carbocycles. The minimum atomic E-state index is -3.33. The van der Waals surface area contributed by atoms with E-state index in [-0.39, 0.29) is 16.9 Å². The maximum atomic E-state index is 11.7. The highest BCUT2D eigenvalue weighted by Gasteiger charge is 2.27. The number of pyridine rings is 1. The summed E-state index contributed by atoms with van der Waals surface area (Å²) >= 11 is 0. The summed E-state index contributed by atoms with van der Waals surface area (Å²) in [4.78, 5) is 15.2. The fourth-order valence-electron chi connectivity index (χ4n) is 2.48. The molecular formula is C13H18N2O4S. The second-order valence-corrected chi connectivity index (χ2v) is 7.14. The first-order valence-electron chi connectivity index (χ1n) is 6.52. The highest BCUT2D eigenvalue weighted by Crippen LogP contribution is 2.28. The van der Waals surface area contributed by atoms with Crippen LogP contribution < -0.4 is 5.32 Å². The van der Waals surface area contributed by atoms with Gasteiger partial charge in [-0.25, -0.2) is 13.4 Å². The molecule has 0 radical (unpaired) electrons. The Balaban J connectivity index is 2.07. The second-order valence-electron chi connectivity index (χ2n) is 5.15. The van der Waals surface area contributed by atoms with Crippen LogP contribution >= 0.6 is 0 Å². The summed E-state index contributed by atoms with van der Waals surface area (Å²) in [6, 6.07) is 3.18. The molecule has 2 rings (SSSR count). The Bertz CT molecular complexity index is 592. The maximum absolute atomic E-state index is 11.7. The van der Waals surface area contributed by atoms with Crippen LogP contribution in [0.1, 0.15) is 25.7 Å². The summed E-state index contributed by atoms with van der Waals surface area (Å²) < 4.78 is 23.4. The second kappa shape index (κ2) is 5.78. The number of rotatable bonds is 4. The Morgan fingerprint density at radius 3 is 2.55 bits per heavy atom. The molecule has 0 spiro atoms. The highest BCUT2D eigenvalue weighted by atomic mass is 32.2. The predicted molar refractivity (Wildman–Crippen MR) is 74.4 cm³/mol. The van der Waals surface area contributed by atoms with Gasteiger partial charge in [0.15, 0.2) is 9.84 Å². The van der Waals surface area contributed by atoms with Crippen molar-refractivity contribution in [2.24, 2.45) is 5.92 Å². The molecule has 0 saturated heterocycles. The number of nitrogens with zero attached hydrogens (tertiary/aromatic N) is 1. The number of hydrogen-bond acceptors (Lipinski definition) is 5. The van der Waals surface area contributed by atoms with Gasteiger partial charge in [-0.3, -0.25) is 4.79 Å². The minimum Gasteiger partial charge on any atom is -0.481 e. The van der Waals surface area contributed by atoms with Crippen molar-refractivity contribution >= 4 is 21.6 Å². The van der Waals surface area contributed by atoms with Crippen molar-refractivity contribution in [3.8, 4) is 0 Å². The van der Waals surface area contributed by atoms with Crippen LogP contribution in [-0.4, -0.2) is 36.8 Å². The van der Waals surface area contributed by atoms with Crippen LogP contribution in [0.3, 0.4) is 0 Å². The summed E-state index contributed by atoms with van der Waals surface area (Å²) in [5, 5.41) is 12.1. The first-order chi connectivity index (χ1) is 9.38. The molecule has 6 nitrogen and oxygen atoms in total. The van der Waals surface area contributed by atoms with Crippen LogP contribution in [0.25, 0.3) is 0 Å². The molecule has 1 aromatic heterocycles. The van der Waals surface area contributed by atoms with Crippen LogP contribution in [0, 0.1) is 5.92 Å². The van der Waals surface area contributed by atoms with Gasteiger partial charge in [0.1, 0.15) is 10.7 Å². The zero-order valence-corrected chi connectivity index (χ0v) is 12.1. The number of nitrogens with one attached hydrogen (secondary N) is 1. The number of carboxylic acids is 1. The average Bonchev–Trinajstić information content (AvgIpc) is 2.38. The summed E-state index contributed by atoms with van der Waals surface area (Å²) in [5.74, 6) is -0.682. The molecule has 20 heavy (non-hydrogen) atoms. The Hall–Kier alpha value is -1.63. The SMILES string of the molecule is CS(=O)(=O)c1cccnc1NC1CCC(C(=O)O)CC1. The molecule has 1 aromatic rings. The van der Waals surface area contributed by atoms with Gasteiger partial charge in [-0.05, 0) is 37.8 Å². The molecule has 0 aliphatic heterocycles. The molecule has 0 bridgehead atoms. The van der Waals surface area contributed by atoms with Crippen LogP contribution in [0.2, 0.25) is 0 Å². The van der Waals surface area contributed by atoms with E-state index in [0.29, 0.717) is 31.5 Å². The van der Waals surface area contributed by atoms with E-state index in [4.69, 9.17) is 5.11 Å². The first-order valence-corrected chi connectivity index (χ1v) is 8.41. The van der Waals surface area contributed by atoms with E-state index in [2.05, 4.69) is 10.3 Å². The quantitative estimate of drug-likeness (QED) is 0.875. The molecule has 1 aliphatic carbocycles. The molecular weight excluding hydrogens is 280 g/mol. The van der Waals surface area contributed by atoms with Crippen molar-refractivity contribution in [1.29, 1.82) is 0 Å². The van der Waals surface area contributed by atoms with Gasteiger partial charge in [0.25, 0.3) is 0 Å². The molecule has 2 N–H and O–H groups in total. The van der Waals surface area contributed by atoms with Gasteiger partial charge >= 0.3 is 5.97 Å². The maximum Gasteiger partial charge on any atom is 0.306 e. The van der Waals surface area contributed by atoms with Gasteiger partial charge < -0.3 is 10.4 Å². The molecule has 1 fully saturated rings. The number of aromatic nitrogens is 1. The molecule has 0 aromatic carbocycles. The first kappa shape index (κ1) is 14.8. The van der Waals surface area contributed by atoms with Crippen molar-refractivity contribution in [2.75, 3.05) is 11.6 Å². The van der Waals surface area contributed by atoms with Crippen molar-refractivity contribution in [1.82, 2.24) is 4.98 Å². The van der Waals surface area contributed by atoms with Crippen LogP contribution in [0.15, 0.2) is 23.2 Å². The Labute approximate surface area is 118 Å². The molecule has 7 heteroatoms. The molecule has 0 unspecified atom stereocenters. The van der Waals surface area contributed by atoms with Gasteiger partial charge in [-0.15, -0.1) is 0 Å². The van der Waals surface area contributed by atoms with Gasteiger partial charge in [0.05, 0.1) is 5.92 Å². The minimum absolute atomic E-state index is 0.0704. The normalized spacial score (nSPS) is 23.2. The molecule has 0 atom stereocenters. The highest BCUT2D eigenvalue weighted by molar-refractivity contribution is 7.90. The lowest BCUT2D eigenvalue weighted by atomic mass is 9.86. The van der Waals surface area contributed by atoms with Gasteiger partial charge in [0.2, 0.25) is 0 Å². The number of anilines is 1. The fourth-order valence-corrected chi connectivity index (χ4v) is 3.26. The third-order valence-corrected chi connectivity index (χ3v) is 4.72. The Morgan fingerprint density at radius 1 is 1.35 bits per heavy atom. The summed E-state index contributed by atoms with van der Waals surface area (Å²) in [7, 11) is -3.33. The average molecular weight is 298 g/mol. The van der Waals surface area contributed by atoms with Crippen molar-refractivity contribution in [3.63, 3.8) is 0 Å². The summed E-state index contributed by atoms with van der Waals surface area (Å²) in [6.45, 7) is 0. The summed E-state index contributed by atoms with van der Waals surface area (Å²) in [5.41, 5.74) is 0. The van der Waals surface area contributed by atoms with Crippen LogP contribution in [-0.2, 0) is 14.6 Å². The van der Waals surface area contributed by atoms with E-state index in [0.717, 1.165) is 6.26 Å². The topological polar surface area (TPSA) is 96.4 Å². The predicted octanol–water partition coefficient (Wildman–Crippen LogP) is 1.54. The number of sulfone groups is 1. The van der Waals surface area contributed by atoms with E-state index in [9.17, 15) is 13.2 Å². The number of carbonyl (C=O) groups is 1. The molecule has 0 amide bonds. The third-order valence-electron chi connectivity index (χ3n) is 3.59. The van der Waals surface area contributed by atoms with Crippen LogP contribution in [0.5, 0.6) is 0 Å². The molecule has 1 heterocycles. The number of hydrogen-bond donors (Lipinski definition) is 2. The Morgan fingerprint density at radius 2 is 2.00 bits per heavy atom. The third kappa shape index (κ3) is 3.47. The molecule has 110 valence electrons. The number of carboxylic acid groups (broad SMARTS) is 1. The van der Waals surface area contributed by atoms with Gasteiger partial charge in [-0.1, -0.05) is 0 Å². The zero-order valence-electron chi connectivity index (χ0n) is 11.2. The van der Waals surface area contributed by atoms with Gasteiger partial charge in [0, 0.05) is 18.5 Å². The summed E-state index contributed by atoms with van der Waals surface area (Å²) in [6.07, 6.45) is 5.31. The van der Waals surface area contributed by atoms with Gasteiger partial charge in [-0.2, -0.15) is 0 Å². The molecule has 1 aliphatic rings. The zero-order chi connectivity index (χ0) is 14.8. The van der Waals surface area contributed by atoms with Crippen LogP contribution in [0.4, 0.5) is 5.82 Å². The van der Waals surface area contributed by atoms with E-state index in [1.54, 1.807) is 12.3 Å². The Kier molecular flexibility index (Phi) is 4.27. The standard InChI is InChI=1S/C13H18N2O4S/c1-20(18,19)11-3-2-8-14-12(11)15-10-6-4-9(5-7-10)13(16)17/h2-3,8-10H,4-7H2,1H3,(H,14,15)(H,16,17). The lowest BCUT2D eigenvalue weighted by Crippen LogP contribution is -2.30. The van der Waals surface area contributed by atoms with E-state index in [1.165, 1.54) is 6.07 Å². The van der Waals surface area contributed by atoms with E-state index < -0.39 is 15.8 Å². The largest absolute Gasteiger partial charge is 0.481 e. The fraction of sp³-hybridized carbons (Fsp3) is 0.538. The van der Waals surface area contributed by atoms with Crippen molar-refractivity contribution in [2.45, 2.75) is 36.6 Å². The number of aliphatic carboxylic acids is 1.